The summed E-state index contributed by atoms with van der Waals surface area (Å²) in [6, 6.07) is 7.24. The molecule has 0 fully saturated rings. The van der Waals surface area contributed by atoms with Crippen LogP contribution in [0.15, 0.2) is 24.3 Å². The molecule has 2 N–H and O–H groups in total. The highest BCUT2D eigenvalue weighted by molar-refractivity contribution is 5.16. The Labute approximate surface area is 97.3 Å². The molecule has 2 nitrogen and oxygen atoms in total. The Morgan fingerprint density at radius 3 is 2.75 bits per heavy atom. The highest BCUT2D eigenvalue weighted by Crippen LogP contribution is 2.05. The molecular formula is C13H21FN2. The predicted octanol–water partition coefficient (Wildman–Crippen LogP) is 2.30. The highest BCUT2D eigenvalue weighted by Gasteiger charge is 2.03. The van der Waals surface area contributed by atoms with Gasteiger partial charge in [-0.25, -0.2) is 4.39 Å². The van der Waals surface area contributed by atoms with Gasteiger partial charge in [-0.15, -0.1) is 0 Å². The number of halogens is 1. The summed E-state index contributed by atoms with van der Waals surface area (Å²) in [7, 11) is 0. The van der Waals surface area contributed by atoms with Gasteiger partial charge >= 0.3 is 0 Å². The van der Waals surface area contributed by atoms with Crippen molar-refractivity contribution in [3.05, 3.63) is 35.6 Å². The molecule has 0 amide bonds. The lowest BCUT2D eigenvalue weighted by atomic mass is 10.2. The molecule has 0 saturated carbocycles. The largest absolute Gasteiger partial charge is 0.315 e. The molecule has 90 valence electrons. The summed E-state index contributed by atoms with van der Waals surface area (Å²) in [5.41, 5.74) is 0.727. The summed E-state index contributed by atoms with van der Waals surface area (Å²) < 4.78 is 13.3. The Bertz CT molecular complexity index is 302. The van der Waals surface area contributed by atoms with Gasteiger partial charge in [-0.2, -0.15) is 0 Å². The zero-order valence-electron chi connectivity index (χ0n) is 10.1. The fourth-order valence-corrected chi connectivity index (χ4v) is 1.49. The first kappa shape index (κ1) is 13.1. The van der Waals surface area contributed by atoms with Gasteiger partial charge in [0.05, 0.1) is 0 Å². The maximum Gasteiger partial charge on any atom is 0.127 e. The molecule has 0 aliphatic rings. The molecule has 0 aliphatic heterocycles. The van der Waals surface area contributed by atoms with Crippen molar-refractivity contribution in [3.63, 3.8) is 0 Å². The van der Waals surface area contributed by atoms with Gasteiger partial charge in [0.2, 0.25) is 0 Å². The first-order valence-electron chi connectivity index (χ1n) is 5.91. The normalized spacial score (nSPS) is 12.7. The van der Waals surface area contributed by atoms with Crippen molar-refractivity contribution < 1.29 is 4.39 Å². The Hall–Kier alpha value is -0.930. The summed E-state index contributed by atoms with van der Waals surface area (Å²) in [5, 5.41) is 6.63. The molecule has 0 aromatic heterocycles. The Kier molecular flexibility index (Phi) is 6.04. The van der Waals surface area contributed by atoms with E-state index >= 15 is 0 Å². The lowest BCUT2D eigenvalue weighted by Gasteiger charge is -2.14. The fraction of sp³-hybridized carbons (Fsp3) is 0.538. The molecule has 0 bridgehead atoms. The SMILES string of the molecule is CCCNCC(C)NCc1ccccc1F. The summed E-state index contributed by atoms with van der Waals surface area (Å²) >= 11 is 0. The Morgan fingerprint density at radius 1 is 1.31 bits per heavy atom. The number of hydrogen-bond donors (Lipinski definition) is 2. The van der Waals surface area contributed by atoms with Crippen molar-refractivity contribution >= 4 is 0 Å². The smallest absolute Gasteiger partial charge is 0.127 e. The van der Waals surface area contributed by atoms with Crippen LogP contribution < -0.4 is 10.6 Å². The summed E-state index contributed by atoms with van der Waals surface area (Å²) in [6.07, 6.45) is 1.14. The van der Waals surface area contributed by atoms with Gasteiger partial charge in [0.25, 0.3) is 0 Å². The molecule has 3 heteroatoms. The van der Waals surface area contributed by atoms with Gasteiger partial charge in [-0.05, 0) is 26.0 Å². The van der Waals surface area contributed by atoms with Gasteiger partial charge in [0.15, 0.2) is 0 Å². The van der Waals surface area contributed by atoms with Crippen molar-refractivity contribution in [2.75, 3.05) is 13.1 Å². The molecule has 1 rings (SSSR count). The topological polar surface area (TPSA) is 24.1 Å². The Balaban J connectivity index is 2.26. The second-order valence-electron chi connectivity index (χ2n) is 4.08. The zero-order chi connectivity index (χ0) is 11.8. The minimum absolute atomic E-state index is 0.135. The second kappa shape index (κ2) is 7.36. The minimum Gasteiger partial charge on any atom is -0.315 e. The molecule has 1 aromatic carbocycles. The van der Waals surface area contributed by atoms with E-state index in [4.69, 9.17) is 0 Å². The molecule has 0 spiro atoms. The van der Waals surface area contributed by atoms with Crippen LogP contribution in [0.4, 0.5) is 4.39 Å². The van der Waals surface area contributed by atoms with Crippen LogP contribution in [0.5, 0.6) is 0 Å². The Morgan fingerprint density at radius 2 is 2.06 bits per heavy atom. The summed E-state index contributed by atoms with van der Waals surface area (Å²) in [6.45, 7) is 6.78. The van der Waals surface area contributed by atoms with E-state index in [0.717, 1.165) is 25.1 Å². The molecular weight excluding hydrogens is 203 g/mol. The quantitative estimate of drug-likeness (QED) is 0.694. The van der Waals surface area contributed by atoms with Gasteiger partial charge in [-0.3, -0.25) is 0 Å². The molecule has 0 radical (unpaired) electrons. The maximum absolute atomic E-state index is 13.3. The van der Waals surface area contributed by atoms with Crippen LogP contribution in [0.3, 0.4) is 0 Å². The van der Waals surface area contributed by atoms with Crippen molar-refractivity contribution in [1.82, 2.24) is 10.6 Å². The van der Waals surface area contributed by atoms with E-state index in [9.17, 15) is 4.39 Å². The van der Waals surface area contributed by atoms with Crippen LogP contribution in [0.2, 0.25) is 0 Å². The predicted molar refractivity (Wildman–Crippen MR) is 65.9 cm³/mol. The monoisotopic (exact) mass is 224 g/mol. The average Bonchev–Trinajstić information content (AvgIpc) is 2.28. The summed E-state index contributed by atoms with van der Waals surface area (Å²) in [4.78, 5) is 0. The van der Waals surface area contributed by atoms with Gasteiger partial charge < -0.3 is 10.6 Å². The number of rotatable bonds is 7. The maximum atomic E-state index is 13.3. The van der Waals surface area contributed by atoms with Crippen molar-refractivity contribution in [1.29, 1.82) is 0 Å². The third-order valence-electron chi connectivity index (χ3n) is 2.48. The second-order valence-corrected chi connectivity index (χ2v) is 4.08. The third-order valence-corrected chi connectivity index (χ3v) is 2.48. The average molecular weight is 224 g/mol. The summed E-state index contributed by atoms with van der Waals surface area (Å²) in [5.74, 6) is -0.135. The standard InChI is InChI=1S/C13H21FN2/c1-3-8-15-9-11(2)16-10-12-6-4-5-7-13(12)14/h4-7,11,15-16H,3,8-10H2,1-2H3. The van der Waals surface area contributed by atoms with E-state index in [0.29, 0.717) is 12.6 Å². The van der Waals surface area contributed by atoms with Crippen molar-refractivity contribution in [2.24, 2.45) is 0 Å². The van der Waals surface area contributed by atoms with Crippen LogP contribution in [0, 0.1) is 5.82 Å². The zero-order valence-corrected chi connectivity index (χ0v) is 10.1. The number of benzene rings is 1. The number of hydrogen-bond acceptors (Lipinski definition) is 2. The lowest BCUT2D eigenvalue weighted by molar-refractivity contribution is 0.491. The van der Waals surface area contributed by atoms with Crippen LogP contribution >= 0.6 is 0 Å². The molecule has 0 aliphatic carbocycles. The van der Waals surface area contributed by atoms with Crippen molar-refractivity contribution in [2.45, 2.75) is 32.9 Å². The number of nitrogens with one attached hydrogen (secondary N) is 2. The molecule has 0 heterocycles. The van der Waals surface area contributed by atoms with E-state index in [-0.39, 0.29) is 5.82 Å². The molecule has 1 aromatic rings. The highest BCUT2D eigenvalue weighted by atomic mass is 19.1. The molecule has 0 saturated heterocycles. The van der Waals surface area contributed by atoms with Crippen LogP contribution in [0.25, 0.3) is 0 Å². The fourth-order valence-electron chi connectivity index (χ4n) is 1.49. The van der Waals surface area contributed by atoms with Gasteiger partial charge in [0, 0.05) is 24.7 Å². The first-order chi connectivity index (χ1) is 7.74. The lowest BCUT2D eigenvalue weighted by Crippen LogP contribution is -2.36. The van der Waals surface area contributed by atoms with Crippen molar-refractivity contribution in [3.8, 4) is 0 Å². The van der Waals surface area contributed by atoms with E-state index in [1.165, 1.54) is 6.07 Å². The molecule has 16 heavy (non-hydrogen) atoms. The van der Waals surface area contributed by atoms with Gasteiger partial charge in [-0.1, -0.05) is 25.1 Å². The van der Waals surface area contributed by atoms with E-state index in [2.05, 4.69) is 24.5 Å². The molecule has 1 unspecified atom stereocenters. The molecule has 1 atom stereocenters. The first-order valence-corrected chi connectivity index (χ1v) is 5.91. The van der Waals surface area contributed by atoms with E-state index in [1.54, 1.807) is 6.07 Å². The van der Waals surface area contributed by atoms with E-state index in [1.807, 2.05) is 12.1 Å². The van der Waals surface area contributed by atoms with Crippen LogP contribution in [-0.2, 0) is 6.54 Å². The van der Waals surface area contributed by atoms with E-state index < -0.39 is 0 Å². The minimum atomic E-state index is -0.135. The van der Waals surface area contributed by atoms with Crippen LogP contribution in [0.1, 0.15) is 25.8 Å². The van der Waals surface area contributed by atoms with Crippen LogP contribution in [-0.4, -0.2) is 19.1 Å². The third kappa shape index (κ3) is 4.73. The van der Waals surface area contributed by atoms with Gasteiger partial charge in [0.1, 0.15) is 5.82 Å².